The zero-order chi connectivity index (χ0) is 13.5. The summed E-state index contributed by atoms with van der Waals surface area (Å²) in [7, 11) is 0. The second-order valence-electron chi connectivity index (χ2n) is 3.60. The lowest BCUT2D eigenvalue weighted by Gasteiger charge is -2.07. The molecule has 0 unspecified atom stereocenters. The van der Waals surface area contributed by atoms with Gasteiger partial charge in [-0.15, -0.1) is 0 Å². The van der Waals surface area contributed by atoms with Crippen LogP contribution >= 0.6 is 11.6 Å². The molecule has 0 saturated heterocycles. The van der Waals surface area contributed by atoms with E-state index in [-0.39, 0.29) is 23.1 Å². The second-order valence-corrected chi connectivity index (χ2v) is 4.01. The van der Waals surface area contributed by atoms with Gasteiger partial charge in [-0.2, -0.15) is 0 Å². The summed E-state index contributed by atoms with van der Waals surface area (Å²) in [5.41, 5.74) is 0.437. The van der Waals surface area contributed by atoms with Crippen molar-refractivity contribution >= 4 is 29.2 Å². The van der Waals surface area contributed by atoms with Gasteiger partial charge in [0.05, 0.1) is 10.6 Å². The van der Waals surface area contributed by atoms with E-state index in [1.165, 1.54) is 18.2 Å². The van der Waals surface area contributed by atoms with Crippen LogP contribution in [0.1, 0.15) is 23.7 Å². The summed E-state index contributed by atoms with van der Waals surface area (Å²) < 4.78 is 5.07. The molecule has 0 fully saturated rings. The van der Waals surface area contributed by atoms with Crippen molar-refractivity contribution in [3.63, 3.8) is 0 Å². The molecular weight excluding hydrogens is 258 g/mol. The molecule has 2 N–H and O–H groups in total. The summed E-state index contributed by atoms with van der Waals surface area (Å²) in [6.07, 6.45) is 0.840. The maximum Gasteiger partial charge on any atom is 0.337 e. The number of ether oxygens (including phenoxy) is 1. The number of carbonyl (C=O) groups is 2. The Hall–Kier alpha value is -1.59. The third-order valence-corrected chi connectivity index (χ3v) is 2.38. The number of rotatable bonds is 6. The van der Waals surface area contributed by atoms with Gasteiger partial charge in [-0.3, -0.25) is 4.79 Å². The predicted octanol–water partition coefficient (Wildman–Crippen LogP) is 2.40. The minimum Gasteiger partial charge on any atom is -0.478 e. The Morgan fingerprint density at radius 2 is 2.17 bits per heavy atom. The number of hydrogen-bond acceptors (Lipinski definition) is 3. The Morgan fingerprint density at radius 3 is 2.72 bits per heavy atom. The summed E-state index contributed by atoms with van der Waals surface area (Å²) >= 11 is 5.77. The van der Waals surface area contributed by atoms with Gasteiger partial charge in [-0.05, 0) is 24.6 Å². The number of nitrogens with one attached hydrogen (secondary N) is 1. The Morgan fingerprint density at radius 1 is 1.44 bits per heavy atom. The molecule has 5 nitrogen and oxygen atoms in total. The van der Waals surface area contributed by atoms with Gasteiger partial charge >= 0.3 is 5.97 Å². The van der Waals surface area contributed by atoms with Crippen LogP contribution in [0.4, 0.5) is 5.69 Å². The molecule has 1 aromatic carbocycles. The van der Waals surface area contributed by atoms with E-state index >= 15 is 0 Å². The van der Waals surface area contributed by atoms with Crippen LogP contribution in [0.2, 0.25) is 5.02 Å². The van der Waals surface area contributed by atoms with Crippen LogP contribution in [0, 0.1) is 0 Å². The van der Waals surface area contributed by atoms with Gasteiger partial charge in [0.2, 0.25) is 5.91 Å². The quantitative estimate of drug-likeness (QED) is 0.779. The number of carbonyl (C=O) groups excluding carboxylic acids is 1. The number of aromatic carboxylic acids is 1. The predicted molar refractivity (Wildman–Crippen MR) is 68.2 cm³/mol. The van der Waals surface area contributed by atoms with E-state index in [2.05, 4.69) is 5.32 Å². The van der Waals surface area contributed by atoms with Crippen molar-refractivity contribution in [2.75, 3.05) is 18.5 Å². The normalized spacial score (nSPS) is 10.1. The zero-order valence-electron chi connectivity index (χ0n) is 9.90. The highest BCUT2D eigenvalue weighted by Crippen LogP contribution is 2.20. The minimum atomic E-state index is -1.11. The highest BCUT2D eigenvalue weighted by atomic mass is 35.5. The maximum absolute atomic E-state index is 11.4. The summed E-state index contributed by atoms with van der Waals surface area (Å²) in [4.78, 5) is 22.2. The summed E-state index contributed by atoms with van der Waals surface area (Å²) in [5, 5.41) is 11.4. The number of anilines is 1. The molecule has 0 aliphatic heterocycles. The zero-order valence-corrected chi connectivity index (χ0v) is 10.7. The number of hydrogen-bond donors (Lipinski definition) is 2. The molecular formula is C12H14ClNO4. The lowest BCUT2D eigenvalue weighted by atomic mass is 10.2. The molecule has 0 spiro atoms. The van der Waals surface area contributed by atoms with E-state index in [1.54, 1.807) is 0 Å². The molecule has 6 heteroatoms. The number of halogens is 1. The van der Waals surface area contributed by atoms with Crippen molar-refractivity contribution in [1.29, 1.82) is 0 Å². The van der Waals surface area contributed by atoms with Crippen LogP contribution < -0.4 is 5.32 Å². The summed E-state index contributed by atoms with van der Waals surface area (Å²) in [6.45, 7) is 2.43. The van der Waals surface area contributed by atoms with Gasteiger partial charge in [-0.25, -0.2) is 4.79 Å². The first-order chi connectivity index (χ1) is 8.54. The van der Waals surface area contributed by atoms with E-state index in [1.807, 2.05) is 6.92 Å². The average Bonchev–Trinajstić information content (AvgIpc) is 2.28. The standard InChI is InChI=1S/C12H14ClNO4/c1-2-5-18-7-11(15)14-8-3-4-9(12(16)17)10(13)6-8/h3-4,6H,2,5,7H2,1H3,(H,14,15)(H,16,17). The van der Waals surface area contributed by atoms with E-state index in [4.69, 9.17) is 21.4 Å². The molecule has 18 heavy (non-hydrogen) atoms. The molecule has 0 heterocycles. The van der Waals surface area contributed by atoms with Crippen molar-refractivity contribution in [2.24, 2.45) is 0 Å². The monoisotopic (exact) mass is 271 g/mol. The van der Waals surface area contributed by atoms with Crippen molar-refractivity contribution in [3.05, 3.63) is 28.8 Å². The van der Waals surface area contributed by atoms with Gasteiger partial charge in [0.25, 0.3) is 0 Å². The van der Waals surface area contributed by atoms with Crippen molar-refractivity contribution in [3.8, 4) is 0 Å². The van der Waals surface area contributed by atoms with Crippen molar-refractivity contribution < 1.29 is 19.4 Å². The molecule has 0 saturated carbocycles. The number of carboxylic acid groups (broad SMARTS) is 1. The SMILES string of the molecule is CCCOCC(=O)Nc1ccc(C(=O)O)c(Cl)c1. The topological polar surface area (TPSA) is 75.6 Å². The fourth-order valence-corrected chi connectivity index (χ4v) is 1.53. The van der Waals surface area contributed by atoms with Crippen LogP contribution in [0.5, 0.6) is 0 Å². The van der Waals surface area contributed by atoms with Crippen molar-refractivity contribution in [2.45, 2.75) is 13.3 Å². The van der Waals surface area contributed by atoms with E-state index in [0.717, 1.165) is 6.42 Å². The highest BCUT2D eigenvalue weighted by Gasteiger charge is 2.10. The molecule has 0 aliphatic rings. The summed E-state index contributed by atoms with van der Waals surface area (Å²) in [5.74, 6) is -1.41. The first kappa shape index (κ1) is 14.5. The van der Waals surface area contributed by atoms with Gasteiger partial charge in [0.1, 0.15) is 6.61 Å². The lowest BCUT2D eigenvalue weighted by molar-refractivity contribution is -0.120. The average molecular weight is 272 g/mol. The Labute approximate surface area is 110 Å². The van der Waals surface area contributed by atoms with Crippen molar-refractivity contribution in [1.82, 2.24) is 0 Å². The van der Waals surface area contributed by atoms with Crippen LogP contribution in [0.15, 0.2) is 18.2 Å². The molecule has 0 radical (unpaired) electrons. The Balaban J connectivity index is 2.60. The largest absolute Gasteiger partial charge is 0.478 e. The number of carboxylic acids is 1. The third kappa shape index (κ3) is 4.35. The molecule has 98 valence electrons. The minimum absolute atomic E-state index is 0.00287. The van der Waals surface area contributed by atoms with Gasteiger partial charge in [-0.1, -0.05) is 18.5 Å². The summed E-state index contributed by atoms with van der Waals surface area (Å²) in [6, 6.07) is 4.21. The van der Waals surface area contributed by atoms with E-state index < -0.39 is 5.97 Å². The molecule has 0 atom stereocenters. The van der Waals surface area contributed by atoms with E-state index in [9.17, 15) is 9.59 Å². The van der Waals surface area contributed by atoms with Gasteiger partial charge in [0, 0.05) is 12.3 Å². The Kier molecular flexibility index (Phi) is 5.61. The Bertz CT molecular complexity index is 448. The van der Waals surface area contributed by atoms with Crippen LogP contribution in [-0.2, 0) is 9.53 Å². The molecule has 1 amide bonds. The first-order valence-corrected chi connectivity index (χ1v) is 5.82. The molecule has 1 aromatic rings. The number of benzene rings is 1. The van der Waals surface area contributed by atoms with Gasteiger partial charge < -0.3 is 15.2 Å². The first-order valence-electron chi connectivity index (χ1n) is 5.45. The lowest BCUT2D eigenvalue weighted by Crippen LogP contribution is -2.18. The number of amides is 1. The van der Waals surface area contributed by atoms with Crippen LogP contribution in [-0.4, -0.2) is 30.2 Å². The van der Waals surface area contributed by atoms with Gasteiger partial charge in [0.15, 0.2) is 0 Å². The fraction of sp³-hybridized carbons (Fsp3) is 0.333. The smallest absolute Gasteiger partial charge is 0.337 e. The fourth-order valence-electron chi connectivity index (χ4n) is 1.27. The molecule has 1 rings (SSSR count). The van der Waals surface area contributed by atoms with Crippen LogP contribution in [0.25, 0.3) is 0 Å². The molecule has 0 bridgehead atoms. The third-order valence-electron chi connectivity index (χ3n) is 2.06. The second kappa shape index (κ2) is 6.98. The molecule has 0 aliphatic carbocycles. The molecule has 0 aromatic heterocycles. The highest BCUT2D eigenvalue weighted by molar-refractivity contribution is 6.33. The van der Waals surface area contributed by atoms with E-state index in [0.29, 0.717) is 12.3 Å². The van der Waals surface area contributed by atoms with Crippen LogP contribution in [0.3, 0.4) is 0 Å². The maximum atomic E-state index is 11.4.